The number of imidazole rings is 1. The zero-order valence-electron chi connectivity index (χ0n) is 19.5. The van der Waals surface area contributed by atoms with Crippen LogP contribution in [-0.4, -0.2) is 38.7 Å². The lowest BCUT2D eigenvalue weighted by Gasteiger charge is -2.18. The van der Waals surface area contributed by atoms with E-state index in [4.69, 9.17) is 19.9 Å². The molecule has 34 heavy (non-hydrogen) atoms. The molecule has 0 atom stereocenters. The van der Waals surface area contributed by atoms with E-state index >= 15 is 0 Å². The molecule has 0 amide bonds. The summed E-state index contributed by atoms with van der Waals surface area (Å²) in [5, 5.41) is 11.6. The first kappa shape index (κ1) is 23.5. The molecule has 0 bridgehead atoms. The van der Waals surface area contributed by atoms with Crippen LogP contribution in [0.1, 0.15) is 63.0 Å². The molecule has 2 aromatic heterocycles. The van der Waals surface area contributed by atoms with Crippen molar-refractivity contribution < 1.29 is 19.1 Å². The maximum atomic E-state index is 11.6. The third-order valence-electron chi connectivity index (χ3n) is 6.27. The minimum absolute atomic E-state index is 0.0640. The van der Waals surface area contributed by atoms with Crippen molar-refractivity contribution in [3.63, 3.8) is 0 Å². The molecule has 11 heteroatoms. The Bertz CT molecular complexity index is 1150. The lowest BCUT2D eigenvalue weighted by Crippen LogP contribution is -2.10. The molecule has 2 N–H and O–H groups in total. The molecule has 1 aromatic carbocycles. The van der Waals surface area contributed by atoms with E-state index in [2.05, 4.69) is 19.5 Å². The van der Waals surface area contributed by atoms with Crippen molar-refractivity contribution in [1.29, 1.82) is 0 Å². The van der Waals surface area contributed by atoms with Crippen molar-refractivity contribution in [1.82, 2.24) is 19.5 Å². The SMILES string of the molecule is COc1cc(COc2nc(N)nc3c2ncn3C2CCCCCCCC2)c([N+](=O)[O-])cc1OC. The molecular formula is C23H30N6O5. The summed E-state index contributed by atoms with van der Waals surface area (Å²) >= 11 is 0. The van der Waals surface area contributed by atoms with Crippen molar-refractivity contribution in [3.05, 3.63) is 34.1 Å². The van der Waals surface area contributed by atoms with Crippen LogP contribution in [0.25, 0.3) is 11.2 Å². The van der Waals surface area contributed by atoms with E-state index in [0.717, 1.165) is 25.7 Å². The second kappa shape index (κ2) is 10.5. The average molecular weight is 471 g/mol. The Morgan fingerprint density at radius 3 is 2.35 bits per heavy atom. The van der Waals surface area contributed by atoms with Gasteiger partial charge in [0, 0.05) is 6.04 Å². The molecule has 11 nitrogen and oxygen atoms in total. The van der Waals surface area contributed by atoms with E-state index in [1.807, 2.05) is 0 Å². The number of hydrogen-bond acceptors (Lipinski definition) is 9. The number of nitrogen functional groups attached to an aromatic ring is 1. The molecule has 0 unspecified atom stereocenters. The molecule has 3 aromatic rings. The Balaban J connectivity index is 1.64. The van der Waals surface area contributed by atoms with Gasteiger partial charge in [0.15, 0.2) is 22.7 Å². The summed E-state index contributed by atoms with van der Waals surface area (Å²) in [5.41, 5.74) is 7.27. The highest BCUT2D eigenvalue weighted by Gasteiger charge is 2.23. The van der Waals surface area contributed by atoms with Crippen LogP contribution in [0.4, 0.5) is 11.6 Å². The Morgan fingerprint density at radius 1 is 1.06 bits per heavy atom. The maximum absolute atomic E-state index is 11.6. The normalized spacial score (nSPS) is 15.4. The van der Waals surface area contributed by atoms with E-state index in [0.29, 0.717) is 22.5 Å². The molecule has 1 saturated carbocycles. The molecule has 1 aliphatic carbocycles. The number of nitro groups is 1. The van der Waals surface area contributed by atoms with Crippen LogP contribution in [0.5, 0.6) is 17.4 Å². The molecule has 0 aliphatic heterocycles. The van der Waals surface area contributed by atoms with Crippen LogP contribution >= 0.6 is 0 Å². The molecule has 0 radical (unpaired) electrons. The third kappa shape index (κ3) is 4.97. The van der Waals surface area contributed by atoms with Gasteiger partial charge in [0.05, 0.1) is 37.1 Å². The summed E-state index contributed by atoms with van der Waals surface area (Å²) in [7, 11) is 2.89. The topological polar surface area (TPSA) is 140 Å². The van der Waals surface area contributed by atoms with Gasteiger partial charge in [-0.2, -0.15) is 9.97 Å². The van der Waals surface area contributed by atoms with Gasteiger partial charge in [0.1, 0.15) is 6.61 Å². The van der Waals surface area contributed by atoms with Gasteiger partial charge in [-0.1, -0.05) is 38.5 Å². The van der Waals surface area contributed by atoms with Crippen LogP contribution in [0.3, 0.4) is 0 Å². The molecular weight excluding hydrogens is 440 g/mol. The number of hydrogen-bond donors (Lipinski definition) is 1. The largest absolute Gasteiger partial charge is 0.493 e. The molecule has 182 valence electrons. The number of ether oxygens (including phenoxy) is 3. The van der Waals surface area contributed by atoms with Crippen molar-refractivity contribution in [2.45, 2.75) is 64.0 Å². The maximum Gasteiger partial charge on any atom is 0.280 e. The molecule has 1 aliphatic rings. The van der Waals surface area contributed by atoms with Gasteiger partial charge in [-0.15, -0.1) is 0 Å². The zero-order valence-corrected chi connectivity index (χ0v) is 19.5. The number of methoxy groups -OCH3 is 2. The van der Waals surface area contributed by atoms with Crippen LogP contribution in [0.15, 0.2) is 18.5 Å². The second-order valence-electron chi connectivity index (χ2n) is 8.45. The molecule has 2 heterocycles. The van der Waals surface area contributed by atoms with Gasteiger partial charge in [0.2, 0.25) is 11.8 Å². The van der Waals surface area contributed by atoms with E-state index < -0.39 is 4.92 Å². The number of benzene rings is 1. The van der Waals surface area contributed by atoms with Crippen LogP contribution in [-0.2, 0) is 6.61 Å². The fourth-order valence-corrected chi connectivity index (χ4v) is 4.51. The van der Waals surface area contributed by atoms with Gasteiger partial charge in [-0.25, -0.2) is 4.98 Å². The fourth-order valence-electron chi connectivity index (χ4n) is 4.51. The first-order chi connectivity index (χ1) is 16.5. The summed E-state index contributed by atoms with van der Waals surface area (Å²) in [4.78, 5) is 24.3. The highest BCUT2D eigenvalue weighted by atomic mass is 16.6. The smallest absolute Gasteiger partial charge is 0.280 e. The van der Waals surface area contributed by atoms with Gasteiger partial charge in [-0.3, -0.25) is 10.1 Å². The van der Waals surface area contributed by atoms with E-state index in [1.165, 1.54) is 52.0 Å². The van der Waals surface area contributed by atoms with Crippen molar-refractivity contribution in [3.8, 4) is 17.4 Å². The van der Waals surface area contributed by atoms with E-state index in [9.17, 15) is 10.1 Å². The summed E-state index contributed by atoms with van der Waals surface area (Å²) in [6, 6.07) is 3.12. The Kier molecular flexibility index (Phi) is 7.29. The summed E-state index contributed by atoms with van der Waals surface area (Å²) < 4.78 is 18.5. The summed E-state index contributed by atoms with van der Waals surface area (Å²) in [6.07, 6.45) is 11.3. The van der Waals surface area contributed by atoms with E-state index in [-0.39, 0.29) is 35.9 Å². The van der Waals surface area contributed by atoms with Crippen LogP contribution in [0, 0.1) is 10.1 Å². The monoisotopic (exact) mass is 470 g/mol. The number of fused-ring (bicyclic) bond motifs is 1. The van der Waals surface area contributed by atoms with Gasteiger partial charge in [0.25, 0.3) is 5.69 Å². The number of nitrogens with two attached hydrogens (primary N) is 1. The first-order valence-corrected chi connectivity index (χ1v) is 11.5. The van der Waals surface area contributed by atoms with Crippen LogP contribution < -0.4 is 19.9 Å². The van der Waals surface area contributed by atoms with Crippen LogP contribution in [0.2, 0.25) is 0 Å². The fraction of sp³-hybridized carbons (Fsp3) is 0.522. The number of aromatic nitrogens is 4. The Labute approximate surface area is 197 Å². The number of rotatable bonds is 7. The lowest BCUT2D eigenvalue weighted by atomic mass is 10.1. The Morgan fingerprint density at radius 2 is 1.71 bits per heavy atom. The minimum atomic E-state index is -0.490. The summed E-state index contributed by atoms with van der Waals surface area (Å²) in [5.74, 6) is 0.881. The molecule has 0 spiro atoms. The van der Waals surface area contributed by atoms with Crippen molar-refractivity contribution in [2.75, 3.05) is 20.0 Å². The second-order valence-corrected chi connectivity index (χ2v) is 8.45. The lowest BCUT2D eigenvalue weighted by molar-refractivity contribution is -0.385. The molecule has 4 rings (SSSR count). The van der Waals surface area contributed by atoms with Gasteiger partial charge in [-0.05, 0) is 18.9 Å². The van der Waals surface area contributed by atoms with E-state index in [1.54, 1.807) is 6.33 Å². The predicted molar refractivity (Wildman–Crippen MR) is 126 cm³/mol. The van der Waals surface area contributed by atoms with Gasteiger partial charge >= 0.3 is 0 Å². The quantitative estimate of drug-likeness (QED) is 0.388. The molecule has 1 fully saturated rings. The number of nitro benzene ring substituents is 1. The predicted octanol–water partition coefficient (Wildman–Crippen LogP) is 4.59. The standard InChI is InChI=1S/C23H30N6O5/c1-32-18-11-15(17(29(30)31)12-19(18)33-2)13-34-22-20-21(26-23(24)27-22)28(14-25-20)16-9-7-5-3-4-6-8-10-16/h11-12,14,16H,3-10,13H2,1-2H3,(H2,24,26,27). The highest BCUT2D eigenvalue weighted by molar-refractivity contribution is 5.77. The number of anilines is 1. The minimum Gasteiger partial charge on any atom is -0.493 e. The third-order valence-corrected chi connectivity index (χ3v) is 6.27. The number of nitrogens with zero attached hydrogens (tertiary/aromatic N) is 5. The average Bonchev–Trinajstić information content (AvgIpc) is 3.30. The summed E-state index contributed by atoms with van der Waals surface area (Å²) in [6.45, 7) is -0.126. The Hall–Kier alpha value is -3.63. The van der Waals surface area contributed by atoms with Gasteiger partial charge < -0.3 is 24.5 Å². The zero-order chi connectivity index (χ0) is 24.1. The first-order valence-electron chi connectivity index (χ1n) is 11.5. The van der Waals surface area contributed by atoms with Crippen molar-refractivity contribution in [2.24, 2.45) is 0 Å². The highest BCUT2D eigenvalue weighted by Crippen LogP contribution is 2.36. The molecule has 0 saturated heterocycles. The van der Waals surface area contributed by atoms with Crippen molar-refractivity contribution >= 4 is 22.8 Å².